The largest absolute Gasteiger partial charge is 0.346 e. The average molecular weight is 555 g/mol. The minimum atomic E-state index is -0.173. The van der Waals surface area contributed by atoms with Crippen molar-refractivity contribution in [2.45, 2.75) is 31.5 Å². The minimum absolute atomic E-state index is 0.0951. The van der Waals surface area contributed by atoms with Crippen molar-refractivity contribution in [1.82, 2.24) is 39.5 Å². The van der Waals surface area contributed by atoms with E-state index in [1.807, 2.05) is 62.6 Å². The number of pyridine rings is 1. The highest BCUT2D eigenvalue weighted by atomic mass is 16.2. The highest BCUT2D eigenvalue weighted by Gasteiger charge is 2.34. The molecule has 41 heavy (non-hydrogen) atoms. The van der Waals surface area contributed by atoms with Crippen LogP contribution in [0.5, 0.6) is 0 Å². The smallest absolute Gasteiger partial charge is 0.254 e. The van der Waals surface area contributed by atoms with Crippen LogP contribution in [0.1, 0.15) is 23.2 Å². The number of aryl methyl sites for hydroxylation is 1. The summed E-state index contributed by atoms with van der Waals surface area (Å²) in [6.45, 7) is 2.85. The van der Waals surface area contributed by atoms with Crippen molar-refractivity contribution in [1.29, 1.82) is 0 Å². The monoisotopic (exact) mass is 554 g/mol. The van der Waals surface area contributed by atoms with Gasteiger partial charge in [-0.15, -0.1) is 0 Å². The summed E-state index contributed by atoms with van der Waals surface area (Å²) in [6, 6.07) is 11.6. The number of fused-ring (bicyclic) bond motifs is 2. The summed E-state index contributed by atoms with van der Waals surface area (Å²) < 4.78 is 4.40. The fourth-order valence-corrected chi connectivity index (χ4v) is 5.75. The average Bonchev–Trinajstić information content (AvgIpc) is 3.39. The number of likely N-dealkylation sites (N-methyl/N-ethyl adjacent to an activating group) is 2. The first-order chi connectivity index (χ1) is 19.8. The molecule has 1 saturated carbocycles. The van der Waals surface area contributed by atoms with Crippen LogP contribution in [-0.2, 0) is 18.4 Å². The molecule has 3 aromatic heterocycles. The van der Waals surface area contributed by atoms with E-state index in [0.717, 1.165) is 40.1 Å². The number of nitrogens with one attached hydrogen (secondary N) is 2. The second-order valence-electron chi connectivity index (χ2n) is 11.6. The molecule has 0 spiro atoms. The molecule has 2 N–H and O–H groups in total. The zero-order valence-corrected chi connectivity index (χ0v) is 24.2. The van der Waals surface area contributed by atoms with E-state index < -0.39 is 0 Å². The number of amides is 2. The Balaban J connectivity index is 1.24. The molecule has 4 heterocycles. The van der Waals surface area contributed by atoms with Crippen LogP contribution < -0.4 is 10.6 Å². The number of hydrogen-bond acceptors (Lipinski definition) is 6. The van der Waals surface area contributed by atoms with Gasteiger partial charge in [-0.3, -0.25) is 9.59 Å². The number of hydrogen-bond donors (Lipinski definition) is 2. The first-order valence-electron chi connectivity index (χ1n) is 14.3. The SMILES string of the molecule is CN(C)C/C=C/C(=O)N[C@@H]1CNC[C@H]1N(C)C(=O)c1ccc2c(c1)nc(-c1cc3cccnc3n1CC1CC1)n2C. The van der Waals surface area contributed by atoms with Crippen LogP contribution in [0.3, 0.4) is 0 Å². The molecule has 1 aliphatic carbocycles. The molecule has 1 aromatic carbocycles. The van der Waals surface area contributed by atoms with Gasteiger partial charge in [0, 0.05) is 63.5 Å². The fourth-order valence-electron chi connectivity index (χ4n) is 5.75. The third-order valence-electron chi connectivity index (χ3n) is 8.22. The van der Waals surface area contributed by atoms with E-state index in [4.69, 9.17) is 4.98 Å². The maximum absolute atomic E-state index is 13.6. The third kappa shape index (κ3) is 5.49. The molecule has 6 rings (SSSR count). The number of carbonyl (C=O) groups excluding carboxylic acids is 2. The molecule has 10 nitrogen and oxygen atoms in total. The zero-order valence-electron chi connectivity index (χ0n) is 24.2. The minimum Gasteiger partial charge on any atom is -0.346 e. The molecule has 1 aliphatic heterocycles. The van der Waals surface area contributed by atoms with E-state index in [9.17, 15) is 9.59 Å². The Kier molecular flexibility index (Phi) is 7.35. The topological polar surface area (TPSA) is 100 Å². The molecule has 2 amide bonds. The van der Waals surface area contributed by atoms with Crippen molar-refractivity contribution >= 4 is 33.9 Å². The van der Waals surface area contributed by atoms with E-state index in [2.05, 4.69) is 36.9 Å². The second-order valence-corrected chi connectivity index (χ2v) is 11.6. The maximum Gasteiger partial charge on any atom is 0.254 e. The molecular formula is C31H38N8O2. The standard InChI is InChI=1S/C31H38N8O2/c1-36(2)14-6-8-28(40)34-24-17-32-18-27(24)38(4)31(41)22-11-12-25-23(15-22)35-30(37(25)3)26-16-21-7-5-13-33-29(21)39(26)19-20-9-10-20/h5-8,11-13,15-16,20,24,27,32H,9-10,14,17-19H2,1-4H3,(H,34,40)/b8-6+/t24-,27-/m1/s1. The van der Waals surface area contributed by atoms with Crippen molar-refractivity contribution in [2.75, 3.05) is 40.8 Å². The molecule has 0 radical (unpaired) electrons. The number of carbonyl (C=O) groups is 2. The summed E-state index contributed by atoms with van der Waals surface area (Å²) in [5.74, 6) is 1.31. The quantitative estimate of drug-likeness (QED) is 0.309. The van der Waals surface area contributed by atoms with Gasteiger partial charge in [0.2, 0.25) is 5.91 Å². The lowest BCUT2D eigenvalue weighted by Crippen LogP contribution is -2.51. The summed E-state index contributed by atoms with van der Waals surface area (Å²) in [4.78, 5) is 39.5. The number of rotatable bonds is 9. The van der Waals surface area contributed by atoms with Crippen molar-refractivity contribution in [3.63, 3.8) is 0 Å². The lowest BCUT2D eigenvalue weighted by atomic mass is 10.1. The van der Waals surface area contributed by atoms with Crippen LogP contribution in [0.25, 0.3) is 33.6 Å². The molecule has 4 aromatic rings. The Bertz CT molecular complexity index is 1630. The zero-order chi connectivity index (χ0) is 28.7. The number of aromatic nitrogens is 4. The second kappa shape index (κ2) is 11.1. The fraction of sp³-hybridized carbons (Fsp3) is 0.419. The van der Waals surface area contributed by atoms with E-state index in [1.54, 1.807) is 18.0 Å². The first-order valence-corrected chi connectivity index (χ1v) is 14.3. The number of benzene rings is 1. The highest BCUT2D eigenvalue weighted by Crippen LogP contribution is 2.36. The van der Waals surface area contributed by atoms with Gasteiger partial charge in [0.25, 0.3) is 5.91 Å². The van der Waals surface area contributed by atoms with E-state index >= 15 is 0 Å². The molecular weight excluding hydrogens is 516 g/mol. The molecule has 2 fully saturated rings. The highest BCUT2D eigenvalue weighted by molar-refractivity contribution is 5.98. The van der Waals surface area contributed by atoms with Gasteiger partial charge in [-0.05, 0) is 69.3 Å². The number of nitrogens with zero attached hydrogens (tertiary/aromatic N) is 6. The lowest BCUT2D eigenvalue weighted by Gasteiger charge is -2.29. The van der Waals surface area contributed by atoms with Crippen LogP contribution in [-0.4, -0.2) is 93.6 Å². The maximum atomic E-state index is 13.6. The molecule has 1 saturated heterocycles. The Morgan fingerprint density at radius 1 is 1.15 bits per heavy atom. The summed E-state index contributed by atoms with van der Waals surface area (Å²) >= 11 is 0. The summed E-state index contributed by atoms with van der Waals surface area (Å²) in [5, 5.41) is 7.48. The molecule has 0 unspecified atom stereocenters. The molecule has 2 atom stereocenters. The van der Waals surface area contributed by atoms with Gasteiger partial charge in [0.15, 0.2) is 5.82 Å². The Morgan fingerprint density at radius 3 is 2.76 bits per heavy atom. The Morgan fingerprint density at radius 2 is 1.98 bits per heavy atom. The Hall–Kier alpha value is -4.02. The van der Waals surface area contributed by atoms with Gasteiger partial charge in [-0.2, -0.15) is 0 Å². The van der Waals surface area contributed by atoms with E-state index in [-0.39, 0.29) is 23.9 Å². The lowest BCUT2D eigenvalue weighted by molar-refractivity contribution is -0.117. The number of imidazole rings is 1. The van der Waals surface area contributed by atoms with Crippen LogP contribution >= 0.6 is 0 Å². The Labute approximate surface area is 240 Å². The van der Waals surface area contributed by atoms with Gasteiger partial charge in [0.05, 0.1) is 28.8 Å². The summed E-state index contributed by atoms with van der Waals surface area (Å²) in [7, 11) is 7.73. The first kappa shape index (κ1) is 27.2. The normalized spacial score (nSPS) is 19.1. The van der Waals surface area contributed by atoms with Crippen LogP contribution in [0, 0.1) is 5.92 Å². The summed E-state index contributed by atoms with van der Waals surface area (Å²) in [6.07, 6.45) is 7.74. The van der Waals surface area contributed by atoms with Gasteiger partial charge >= 0.3 is 0 Å². The van der Waals surface area contributed by atoms with Gasteiger partial charge in [0.1, 0.15) is 5.65 Å². The predicted molar refractivity (Wildman–Crippen MR) is 161 cm³/mol. The van der Waals surface area contributed by atoms with Crippen molar-refractivity contribution < 1.29 is 9.59 Å². The van der Waals surface area contributed by atoms with Gasteiger partial charge in [-0.1, -0.05) is 6.08 Å². The molecule has 2 aliphatic rings. The predicted octanol–water partition coefficient (Wildman–Crippen LogP) is 2.65. The molecule has 10 heteroatoms. The van der Waals surface area contributed by atoms with Crippen molar-refractivity contribution in [3.8, 4) is 11.5 Å². The third-order valence-corrected chi connectivity index (χ3v) is 8.22. The van der Waals surface area contributed by atoms with E-state index in [0.29, 0.717) is 31.1 Å². The molecule has 0 bridgehead atoms. The molecule has 214 valence electrons. The van der Waals surface area contributed by atoms with Crippen molar-refractivity contribution in [2.24, 2.45) is 13.0 Å². The van der Waals surface area contributed by atoms with Gasteiger partial charge in [-0.25, -0.2) is 9.97 Å². The van der Waals surface area contributed by atoms with Crippen molar-refractivity contribution in [3.05, 3.63) is 60.3 Å². The van der Waals surface area contributed by atoms with Crippen LogP contribution in [0.2, 0.25) is 0 Å². The van der Waals surface area contributed by atoms with Crippen LogP contribution in [0.4, 0.5) is 0 Å². The summed E-state index contributed by atoms with van der Waals surface area (Å²) in [5.41, 5.74) is 4.35. The van der Waals surface area contributed by atoms with Crippen LogP contribution in [0.15, 0.2) is 54.7 Å². The van der Waals surface area contributed by atoms with Gasteiger partial charge < -0.3 is 29.6 Å². The van der Waals surface area contributed by atoms with E-state index in [1.165, 1.54) is 12.8 Å².